The van der Waals surface area contributed by atoms with Crippen molar-refractivity contribution in [2.75, 3.05) is 6.54 Å². The van der Waals surface area contributed by atoms with Crippen LogP contribution in [-0.2, 0) is 4.74 Å². The first-order chi connectivity index (χ1) is 10.2. The van der Waals surface area contributed by atoms with E-state index in [1.54, 1.807) is 45.0 Å². The van der Waals surface area contributed by atoms with Crippen LogP contribution in [0.1, 0.15) is 44.4 Å². The quantitative estimate of drug-likeness (QED) is 0.727. The minimum Gasteiger partial charge on any atom is -0.444 e. The van der Waals surface area contributed by atoms with E-state index in [4.69, 9.17) is 11.2 Å². The molecule has 0 heterocycles. The van der Waals surface area contributed by atoms with E-state index >= 15 is 0 Å². The molecule has 22 heavy (non-hydrogen) atoms. The van der Waals surface area contributed by atoms with Crippen molar-refractivity contribution in [2.45, 2.75) is 45.0 Å². The largest absolute Gasteiger partial charge is 0.444 e. The number of carbonyl (C=O) groups is 1. The lowest BCUT2D eigenvalue weighted by molar-refractivity contribution is 0.0123. The molecule has 5 heteroatoms. The fourth-order valence-corrected chi connectivity index (χ4v) is 1.83. The molecule has 0 bridgehead atoms. The maximum Gasteiger partial charge on any atom is 0.407 e. The Labute approximate surface area is 131 Å². The molecule has 1 aromatic rings. The van der Waals surface area contributed by atoms with Gasteiger partial charge in [0.25, 0.3) is 0 Å². The SMILES string of the molecule is C#Cc1cccc(C(O)C(O)CCNC(=O)OC(C)(C)C)c1. The number of hydrogen-bond donors (Lipinski definition) is 3. The zero-order valence-corrected chi connectivity index (χ0v) is 13.2. The van der Waals surface area contributed by atoms with E-state index < -0.39 is 23.9 Å². The van der Waals surface area contributed by atoms with Crippen LogP contribution >= 0.6 is 0 Å². The maximum absolute atomic E-state index is 11.5. The number of ether oxygens (including phenoxy) is 1. The van der Waals surface area contributed by atoms with Crippen LogP contribution in [0.15, 0.2) is 24.3 Å². The molecule has 0 fully saturated rings. The van der Waals surface area contributed by atoms with Gasteiger partial charge in [-0.3, -0.25) is 0 Å². The third-order valence-electron chi connectivity index (χ3n) is 2.87. The van der Waals surface area contributed by atoms with Crippen molar-refractivity contribution in [3.8, 4) is 12.3 Å². The fourth-order valence-electron chi connectivity index (χ4n) is 1.83. The van der Waals surface area contributed by atoms with Gasteiger partial charge in [0.15, 0.2) is 0 Å². The first-order valence-corrected chi connectivity index (χ1v) is 7.12. The molecule has 2 atom stereocenters. The van der Waals surface area contributed by atoms with Crippen molar-refractivity contribution in [3.63, 3.8) is 0 Å². The highest BCUT2D eigenvalue weighted by Gasteiger charge is 2.20. The number of carbonyl (C=O) groups excluding carboxylic acids is 1. The van der Waals surface area contributed by atoms with Crippen molar-refractivity contribution < 1.29 is 19.7 Å². The molecule has 3 N–H and O–H groups in total. The van der Waals surface area contributed by atoms with Crippen LogP contribution in [0.4, 0.5) is 4.79 Å². The lowest BCUT2D eigenvalue weighted by atomic mass is 10.0. The van der Waals surface area contributed by atoms with E-state index in [-0.39, 0.29) is 13.0 Å². The Balaban J connectivity index is 2.46. The highest BCUT2D eigenvalue weighted by atomic mass is 16.6. The summed E-state index contributed by atoms with van der Waals surface area (Å²) in [6, 6.07) is 6.80. The number of amides is 1. The second kappa shape index (κ2) is 7.83. The van der Waals surface area contributed by atoms with Crippen molar-refractivity contribution in [1.29, 1.82) is 0 Å². The van der Waals surface area contributed by atoms with Crippen molar-refractivity contribution in [1.82, 2.24) is 5.32 Å². The van der Waals surface area contributed by atoms with Gasteiger partial charge in [0.2, 0.25) is 0 Å². The molecule has 0 radical (unpaired) electrons. The van der Waals surface area contributed by atoms with Crippen LogP contribution in [0.2, 0.25) is 0 Å². The van der Waals surface area contributed by atoms with Gasteiger partial charge in [-0.1, -0.05) is 18.1 Å². The number of nitrogens with one attached hydrogen (secondary N) is 1. The fraction of sp³-hybridized carbons (Fsp3) is 0.471. The molecule has 0 aliphatic carbocycles. The standard InChI is InChI=1S/C17H23NO4/c1-5-12-7-6-8-13(11-12)15(20)14(19)9-10-18-16(21)22-17(2,3)4/h1,6-8,11,14-15,19-20H,9-10H2,2-4H3,(H,18,21). The Hall–Kier alpha value is -2.03. The predicted octanol–water partition coefficient (Wildman–Crippen LogP) is 1.98. The Morgan fingerprint density at radius 2 is 2.09 bits per heavy atom. The molecule has 0 aliphatic heterocycles. The molecule has 5 nitrogen and oxygen atoms in total. The monoisotopic (exact) mass is 305 g/mol. The number of hydrogen-bond acceptors (Lipinski definition) is 4. The normalized spacial score (nSPS) is 13.8. The number of terminal acetylenes is 1. The molecule has 0 aromatic heterocycles. The number of alkyl carbamates (subject to hydrolysis) is 1. The summed E-state index contributed by atoms with van der Waals surface area (Å²) in [5.74, 6) is 2.47. The average Bonchev–Trinajstić information content (AvgIpc) is 2.44. The molecule has 1 amide bonds. The molecule has 2 unspecified atom stereocenters. The van der Waals surface area contributed by atoms with Crippen LogP contribution in [0.25, 0.3) is 0 Å². The molecule has 0 saturated carbocycles. The van der Waals surface area contributed by atoms with E-state index in [1.165, 1.54) is 0 Å². The summed E-state index contributed by atoms with van der Waals surface area (Å²) in [6.07, 6.45) is 2.87. The van der Waals surface area contributed by atoms with Gasteiger partial charge in [-0.2, -0.15) is 0 Å². The molecule has 0 aliphatic rings. The van der Waals surface area contributed by atoms with Gasteiger partial charge >= 0.3 is 6.09 Å². The second-order valence-electron chi connectivity index (χ2n) is 6.00. The van der Waals surface area contributed by atoms with Crippen LogP contribution in [-0.4, -0.2) is 34.6 Å². The first-order valence-electron chi connectivity index (χ1n) is 7.12. The Bertz CT molecular complexity index is 542. The summed E-state index contributed by atoms with van der Waals surface area (Å²) in [5, 5.41) is 22.6. The van der Waals surface area contributed by atoms with Crippen molar-refractivity contribution in [2.24, 2.45) is 0 Å². The van der Waals surface area contributed by atoms with Gasteiger partial charge in [-0.25, -0.2) is 4.79 Å². The van der Waals surface area contributed by atoms with Crippen molar-refractivity contribution in [3.05, 3.63) is 35.4 Å². The van der Waals surface area contributed by atoms with Gasteiger partial charge in [-0.05, 0) is 44.9 Å². The van der Waals surface area contributed by atoms with Crippen LogP contribution in [0, 0.1) is 12.3 Å². The topological polar surface area (TPSA) is 78.8 Å². The predicted molar refractivity (Wildman–Crippen MR) is 84.2 cm³/mol. The van der Waals surface area contributed by atoms with Gasteiger partial charge in [0, 0.05) is 12.1 Å². The van der Waals surface area contributed by atoms with E-state index in [2.05, 4.69) is 11.2 Å². The summed E-state index contributed by atoms with van der Waals surface area (Å²) in [5.41, 5.74) is 0.605. The summed E-state index contributed by atoms with van der Waals surface area (Å²) >= 11 is 0. The van der Waals surface area contributed by atoms with Crippen LogP contribution in [0.3, 0.4) is 0 Å². The molecule has 0 saturated heterocycles. The molecule has 1 aromatic carbocycles. The average molecular weight is 305 g/mol. The van der Waals surface area contributed by atoms with E-state index in [9.17, 15) is 15.0 Å². The van der Waals surface area contributed by atoms with Gasteiger partial charge in [0.1, 0.15) is 11.7 Å². The molecular formula is C17H23NO4. The molecular weight excluding hydrogens is 282 g/mol. The summed E-state index contributed by atoms with van der Waals surface area (Å²) in [6.45, 7) is 5.50. The lowest BCUT2D eigenvalue weighted by Crippen LogP contribution is -2.34. The van der Waals surface area contributed by atoms with Crippen molar-refractivity contribution >= 4 is 6.09 Å². The number of aliphatic hydroxyl groups excluding tert-OH is 2. The maximum atomic E-state index is 11.5. The van der Waals surface area contributed by atoms with E-state index in [0.29, 0.717) is 11.1 Å². The summed E-state index contributed by atoms with van der Waals surface area (Å²) < 4.78 is 5.08. The number of benzene rings is 1. The zero-order valence-electron chi connectivity index (χ0n) is 13.2. The zero-order chi connectivity index (χ0) is 16.8. The minimum absolute atomic E-state index is 0.195. The van der Waals surface area contributed by atoms with Crippen LogP contribution < -0.4 is 5.32 Å². The first kappa shape index (κ1) is 18.0. The third-order valence-corrected chi connectivity index (χ3v) is 2.87. The Kier molecular flexibility index (Phi) is 6.41. The highest BCUT2D eigenvalue weighted by Crippen LogP contribution is 2.19. The Morgan fingerprint density at radius 3 is 2.68 bits per heavy atom. The third kappa shape index (κ3) is 6.17. The van der Waals surface area contributed by atoms with E-state index in [0.717, 1.165) is 0 Å². The lowest BCUT2D eigenvalue weighted by Gasteiger charge is -2.21. The number of rotatable bonds is 5. The second-order valence-corrected chi connectivity index (χ2v) is 6.00. The number of aliphatic hydroxyl groups is 2. The molecule has 1 rings (SSSR count). The minimum atomic E-state index is -1.06. The van der Waals surface area contributed by atoms with Gasteiger partial charge in [0.05, 0.1) is 6.10 Å². The Morgan fingerprint density at radius 1 is 1.41 bits per heavy atom. The molecule has 120 valence electrons. The van der Waals surface area contributed by atoms with Gasteiger partial charge < -0.3 is 20.3 Å². The van der Waals surface area contributed by atoms with Crippen LogP contribution in [0.5, 0.6) is 0 Å². The summed E-state index contributed by atoms with van der Waals surface area (Å²) in [7, 11) is 0. The van der Waals surface area contributed by atoms with Gasteiger partial charge in [-0.15, -0.1) is 6.42 Å². The van der Waals surface area contributed by atoms with E-state index in [1.807, 2.05) is 0 Å². The molecule has 0 spiro atoms. The highest BCUT2D eigenvalue weighted by molar-refractivity contribution is 5.67. The smallest absolute Gasteiger partial charge is 0.407 e. The summed E-state index contributed by atoms with van der Waals surface area (Å²) in [4.78, 5) is 11.5.